The van der Waals surface area contributed by atoms with Crippen LogP contribution in [0.1, 0.15) is 35.0 Å². The van der Waals surface area contributed by atoms with E-state index in [9.17, 15) is 9.18 Å². The van der Waals surface area contributed by atoms with Crippen molar-refractivity contribution in [2.75, 3.05) is 13.1 Å². The number of hydrogen-bond donors (Lipinski definition) is 0. The summed E-state index contributed by atoms with van der Waals surface area (Å²) >= 11 is 0. The molecule has 2 heterocycles. The molecule has 2 aromatic rings. The van der Waals surface area contributed by atoms with Gasteiger partial charge < -0.3 is 9.64 Å². The van der Waals surface area contributed by atoms with Crippen LogP contribution in [0.4, 0.5) is 4.39 Å². The standard InChI is InChI=1S/C18H17FN4O2/c1-2-15-16(19)17(22-11-21-15)25-14-6-7-23(10-14)18(24)13-5-3-4-12(8-13)9-20/h3-5,8,11,14H,2,6-7,10H2,1H3. The average molecular weight is 340 g/mol. The Hall–Kier alpha value is -3.01. The zero-order valence-electron chi connectivity index (χ0n) is 13.8. The van der Waals surface area contributed by atoms with Gasteiger partial charge >= 0.3 is 0 Å². The first-order chi connectivity index (χ1) is 12.1. The second-order valence-electron chi connectivity index (χ2n) is 5.77. The van der Waals surface area contributed by atoms with Crippen LogP contribution in [-0.4, -0.2) is 40.0 Å². The first kappa shape index (κ1) is 16.8. The van der Waals surface area contributed by atoms with Crippen molar-refractivity contribution in [1.82, 2.24) is 14.9 Å². The highest BCUT2D eigenvalue weighted by molar-refractivity contribution is 5.94. The predicted octanol–water partition coefficient (Wildman–Crippen LogP) is 2.34. The number of likely N-dealkylation sites (tertiary alicyclic amines) is 1. The van der Waals surface area contributed by atoms with Crippen molar-refractivity contribution in [3.63, 3.8) is 0 Å². The lowest BCUT2D eigenvalue weighted by molar-refractivity contribution is 0.0770. The molecule has 1 aliphatic rings. The molecule has 1 atom stereocenters. The number of aryl methyl sites for hydroxylation is 1. The molecular formula is C18H17FN4O2. The molecule has 0 saturated carbocycles. The van der Waals surface area contributed by atoms with Gasteiger partial charge in [0, 0.05) is 18.5 Å². The van der Waals surface area contributed by atoms with E-state index in [-0.39, 0.29) is 17.9 Å². The number of halogens is 1. The fourth-order valence-electron chi connectivity index (χ4n) is 2.79. The third-order valence-corrected chi connectivity index (χ3v) is 4.11. The second-order valence-corrected chi connectivity index (χ2v) is 5.77. The largest absolute Gasteiger partial charge is 0.470 e. The Morgan fingerprint density at radius 3 is 3.08 bits per heavy atom. The molecule has 0 N–H and O–H groups in total. The van der Waals surface area contributed by atoms with Crippen LogP contribution in [0, 0.1) is 17.1 Å². The SMILES string of the molecule is CCc1ncnc(OC2CCN(C(=O)c3cccc(C#N)c3)C2)c1F. The molecule has 1 saturated heterocycles. The Balaban J connectivity index is 1.67. The van der Waals surface area contributed by atoms with E-state index in [1.54, 1.807) is 36.1 Å². The lowest BCUT2D eigenvalue weighted by atomic mass is 10.1. The smallest absolute Gasteiger partial charge is 0.254 e. The Morgan fingerprint density at radius 2 is 2.32 bits per heavy atom. The van der Waals surface area contributed by atoms with Gasteiger partial charge in [-0.15, -0.1) is 0 Å². The van der Waals surface area contributed by atoms with Gasteiger partial charge in [0.15, 0.2) is 0 Å². The maximum Gasteiger partial charge on any atom is 0.254 e. The van der Waals surface area contributed by atoms with E-state index in [2.05, 4.69) is 9.97 Å². The minimum atomic E-state index is -0.545. The number of benzene rings is 1. The van der Waals surface area contributed by atoms with Crippen molar-refractivity contribution in [2.45, 2.75) is 25.9 Å². The van der Waals surface area contributed by atoms with E-state index < -0.39 is 5.82 Å². The van der Waals surface area contributed by atoms with Crippen LogP contribution < -0.4 is 4.74 Å². The normalized spacial score (nSPS) is 16.5. The van der Waals surface area contributed by atoms with Gasteiger partial charge in [-0.25, -0.2) is 4.98 Å². The molecular weight excluding hydrogens is 323 g/mol. The van der Waals surface area contributed by atoms with E-state index in [0.29, 0.717) is 42.8 Å². The molecule has 0 aliphatic carbocycles. The number of nitrogens with zero attached hydrogens (tertiary/aromatic N) is 4. The Morgan fingerprint density at radius 1 is 1.48 bits per heavy atom. The number of carbonyl (C=O) groups excluding carboxylic acids is 1. The minimum absolute atomic E-state index is 0.0716. The van der Waals surface area contributed by atoms with Crippen LogP contribution >= 0.6 is 0 Å². The van der Waals surface area contributed by atoms with Crippen molar-refractivity contribution >= 4 is 5.91 Å². The van der Waals surface area contributed by atoms with Crippen LogP contribution in [-0.2, 0) is 6.42 Å². The number of aromatic nitrogens is 2. The fraction of sp³-hybridized carbons (Fsp3) is 0.333. The molecule has 3 rings (SSSR count). The summed E-state index contributed by atoms with van der Waals surface area (Å²) < 4.78 is 19.8. The van der Waals surface area contributed by atoms with Gasteiger partial charge in [-0.3, -0.25) is 4.79 Å². The van der Waals surface area contributed by atoms with E-state index in [4.69, 9.17) is 10.00 Å². The summed E-state index contributed by atoms with van der Waals surface area (Å²) in [6.07, 6.45) is 2.00. The zero-order valence-corrected chi connectivity index (χ0v) is 13.8. The Labute approximate surface area is 144 Å². The molecule has 1 aromatic carbocycles. The number of hydrogen-bond acceptors (Lipinski definition) is 5. The second kappa shape index (κ2) is 7.26. The molecule has 1 aliphatic heterocycles. The fourth-order valence-corrected chi connectivity index (χ4v) is 2.79. The summed E-state index contributed by atoms with van der Waals surface area (Å²) in [6, 6.07) is 8.59. The number of rotatable bonds is 4. The van der Waals surface area contributed by atoms with Crippen molar-refractivity contribution in [3.8, 4) is 11.9 Å². The number of carbonyl (C=O) groups is 1. The molecule has 6 nitrogen and oxygen atoms in total. The Bertz CT molecular complexity index is 834. The summed E-state index contributed by atoms with van der Waals surface area (Å²) in [5, 5.41) is 8.94. The van der Waals surface area contributed by atoms with Crippen molar-refractivity contribution < 1.29 is 13.9 Å². The molecule has 25 heavy (non-hydrogen) atoms. The van der Waals surface area contributed by atoms with Crippen molar-refractivity contribution in [3.05, 3.63) is 53.2 Å². The van der Waals surface area contributed by atoms with Gasteiger partial charge in [-0.1, -0.05) is 13.0 Å². The summed E-state index contributed by atoms with van der Waals surface area (Å²) in [6.45, 7) is 2.66. The zero-order chi connectivity index (χ0) is 17.8. The van der Waals surface area contributed by atoms with Gasteiger partial charge in [0.05, 0.1) is 23.9 Å². The molecule has 0 radical (unpaired) electrons. The predicted molar refractivity (Wildman–Crippen MR) is 87.5 cm³/mol. The maximum absolute atomic E-state index is 14.2. The summed E-state index contributed by atoms with van der Waals surface area (Å²) in [5.74, 6) is -0.783. The molecule has 1 aromatic heterocycles. The van der Waals surface area contributed by atoms with Crippen LogP contribution in [0.25, 0.3) is 0 Å². The number of amides is 1. The highest BCUT2D eigenvalue weighted by Gasteiger charge is 2.29. The van der Waals surface area contributed by atoms with E-state index in [1.807, 2.05) is 6.07 Å². The third kappa shape index (κ3) is 3.58. The van der Waals surface area contributed by atoms with Gasteiger partial charge in [0.2, 0.25) is 5.82 Å². The number of ether oxygens (including phenoxy) is 1. The molecule has 7 heteroatoms. The van der Waals surface area contributed by atoms with Gasteiger partial charge in [0.1, 0.15) is 12.4 Å². The average Bonchev–Trinajstić information content (AvgIpc) is 3.11. The maximum atomic E-state index is 14.2. The van der Waals surface area contributed by atoms with E-state index in [1.165, 1.54) is 6.33 Å². The lowest BCUT2D eigenvalue weighted by Gasteiger charge is -2.17. The highest BCUT2D eigenvalue weighted by atomic mass is 19.1. The summed E-state index contributed by atoms with van der Waals surface area (Å²) in [5.41, 5.74) is 1.21. The lowest BCUT2D eigenvalue weighted by Crippen LogP contribution is -2.31. The molecule has 0 bridgehead atoms. The molecule has 128 valence electrons. The molecule has 1 amide bonds. The first-order valence-electron chi connectivity index (χ1n) is 8.07. The molecule has 1 fully saturated rings. The van der Waals surface area contributed by atoms with Gasteiger partial charge in [-0.2, -0.15) is 14.6 Å². The summed E-state index contributed by atoms with van der Waals surface area (Å²) in [4.78, 5) is 21.9. The molecule has 0 spiro atoms. The van der Waals surface area contributed by atoms with Crippen molar-refractivity contribution in [2.24, 2.45) is 0 Å². The van der Waals surface area contributed by atoms with Crippen LogP contribution in [0.5, 0.6) is 5.88 Å². The third-order valence-electron chi connectivity index (χ3n) is 4.11. The van der Waals surface area contributed by atoms with Gasteiger partial charge in [-0.05, 0) is 24.6 Å². The first-order valence-corrected chi connectivity index (χ1v) is 8.07. The summed E-state index contributed by atoms with van der Waals surface area (Å²) in [7, 11) is 0. The van der Waals surface area contributed by atoms with Crippen LogP contribution in [0.2, 0.25) is 0 Å². The van der Waals surface area contributed by atoms with Gasteiger partial charge in [0.25, 0.3) is 11.8 Å². The minimum Gasteiger partial charge on any atom is -0.470 e. The van der Waals surface area contributed by atoms with Crippen LogP contribution in [0.15, 0.2) is 30.6 Å². The van der Waals surface area contributed by atoms with Crippen molar-refractivity contribution in [1.29, 1.82) is 5.26 Å². The highest BCUT2D eigenvalue weighted by Crippen LogP contribution is 2.22. The van der Waals surface area contributed by atoms with E-state index in [0.717, 1.165) is 0 Å². The Kier molecular flexibility index (Phi) is 4.89. The quantitative estimate of drug-likeness (QED) is 0.853. The monoisotopic (exact) mass is 340 g/mol. The van der Waals surface area contributed by atoms with E-state index >= 15 is 0 Å². The molecule has 1 unspecified atom stereocenters. The van der Waals surface area contributed by atoms with Crippen LogP contribution in [0.3, 0.4) is 0 Å². The number of nitriles is 1. The topological polar surface area (TPSA) is 79.1 Å².